The van der Waals surface area contributed by atoms with E-state index in [1.54, 1.807) is 36.4 Å². The van der Waals surface area contributed by atoms with Crippen LogP contribution in [0.5, 0.6) is 0 Å². The number of hydrogen-bond acceptors (Lipinski definition) is 4. The third-order valence-corrected chi connectivity index (χ3v) is 4.75. The summed E-state index contributed by atoms with van der Waals surface area (Å²) in [6.07, 6.45) is 3.33. The van der Waals surface area contributed by atoms with E-state index in [2.05, 4.69) is 9.64 Å². The lowest BCUT2D eigenvalue weighted by Crippen LogP contribution is -2.48. The molecule has 1 fully saturated rings. The van der Waals surface area contributed by atoms with Crippen molar-refractivity contribution in [2.75, 3.05) is 38.2 Å². The van der Waals surface area contributed by atoms with Gasteiger partial charge in [0.1, 0.15) is 0 Å². The van der Waals surface area contributed by atoms with Crippen molar-refractivity contribution in [2.45, 2.75) is 0 Å². The Bertz CT molecular complexity index is 841. The monoisotopic (exact) mass is 384 g/mol. The van der Waals surface area contributed by atoms with E-state index in [1.165, 1.54) is 7.11 Å². The lowest BCUT2D eigenvalue weighted by Gasteiger charge is -2.35. The minimum atomic E-state index is -0.376. The number of methoxy groups -OCH3 is 1. The molecule has 0 aliphatic carbocycles. The number of carbonyl (C=O) groups excluding carboxylic acids is 2. The highest BCUT2D eigenvalue weighted by Gasteiger charge is 2.19. The van der Waals surface area contributed by atoms with Crippen LogP contribution in [0.4, 0.5) is 5.69 Å². The second-order valence-electron chi connectivity index (χ2n) is 6.24. The van der Waals surface area contributed by atoms with Crippen LogP contribution in [0.2, 0.25) is 5.02 Å². The quantitative estimate of drug-likeness (QED) is 0.598. The van der Waals surface area contributed by atoms with Gasteiger partial charge in [-0.15, -0.1) is 0 Å². The van der Waals surface area contributed by atoms with Gasteiger partial charge >= 0.3 is 5.97 Å². The van der Waals surface area contributed by atoms with Gasteiger partial charge < -0.3 is 14.5 Å². The first kappa shape index (κ1) is 19.0. The second-order valence-corrected chi connectivity index (χ2v) is 6.68. The predicted octanol–water partition coefficient (Wildman–Crippen LogP) is 3.49. The topological polar surface area (TPSA) is 49.9 Å². The van der Waals surface area contributed by atoms with Crippen LogP contribution in [-0.4, -0.2) is 50.1 Å². The summed E-state index contributed by atoms with van der Waals surface area (Å²) in [7, 11) is 1.35. The molecule has 0 saturated carbocycles. The number of rotatable bonds is 4. The molecule has 1 aliphatic heterocycles. The molecule has 5 nitrogen and oxygen atoms in total. The van der Waals surface area contributed by atoms with Crippen LogP contribution in [0.25, 0.3) is 6.08 Å². The number of carbonyl (C=O) groups is 2. The number of hydrogen-bond donors (Lipinski definition) is 0. The maximum atomic E-state index is 12.4. The summed E-state index contributed by atoms with van der Waals surface area (Å²) in [4.78, 5) is 27.9. The van der Waals surface area contributed by atoms with Crippen LogP contribution in [0.15, 0.2) is 54.6 Å². The molecule has 0 spiro atoms. The number of halogens is 1. The van der Waals surface area contributed by atoms with Crippen molar-refractivity contribution in [1.82, 2.24) is 4.90 Å². The molecular formula is C21H21ClN2O3. The molecule has 1 aliphatic rings. The van der Waals surface area contributed by atoms with Crippen LogP contribution < -0.4 is 4.90 Å². The molecule has 0 unspecified atom stereocenters. The summed E-state index contributed by atoms with van der Waals surface area (Å²) in [5.41, 5.74) is 2.42. The normalized spacial score (nSPS) is 14.4. The van der Waals surface area contributed by atoms with Crippen LogP contribution in [-0.2, 0) is 9.53 Å². The molecule has 2 aromatic rings. The number of piperazine rings is 1. The van der Waals surface area contributed by atoms with Gasteiger partial charge in [0.25, 0.3) is 0 Å². The maximum absolute atomic E-state index is 12.4. The van der Waals surface area contributed by atoms with Crippen LogP contribution in [0, 0.1) is 0 Å². The Hall–Kier alpha value is -2.79. The first-order valence-electron chi connectivity index (χ1n) is 8.73. The molecule has 0 atom stereocenters. The molecule has 3 rings (SSSR count). The van der Waals surface area contributed by atoms with Crippen molar-refractivity contribution in [3.63, 3.8) is 0 Å². The Morgan fingerprint density at radius 3 is 2.37 bits per heavy atom. The molecule has 0 aromatic heterocycles. The van der Waals surface area contributed by atoms with Gasteiger partial charge in [-0.25, -0.2) is 4.79 Å². The van der Waals surface area contributed by atoms with E-state index < -0.39 is 0 Å². The predicted molar refractivity (Wildman–Crippen MR) is 107 cm³/mol. The van der Waals surface area contributed by atoms with Gasteiger partial charge in [0, 0.05) is 43.0 Å². The molecule has 2 aromatic carbocycles. The molecule has 6 heteroatoms. The summed E-state index contributed by atoms with van der Waals surface area (Å²) < 4.78 is 4.67. The number of anilines is 1. The number of ether oxygens (including phenoxy) is 1. The SMILES string of the molecule is COC(=O)c1ccc(/C=C/C(=O)N2CCN(c3cccc(Cl)c3)CC2)cc1. The van der Waals surface area contributed by atoms with Crippen molar-refractivity contribution in [3.05, 3.63) is 70.8 Å². The van der Waals surface area contributed by atoms with Crippen molar-refractivity contribution in [3.8, 4) is 0 Å². The lowest BCUT2D eigenvalue weighted by molar-refractivity contribution is -0.126. The largest absolute Gasteiger partial charge is 0.465 e. The molecule has 140 valence electrons. The second kappa shape index (κ2) is 8.73. The smallest absolute Gasteiger partial charge is 0.337 e. The molecule has 1 saturated heterocycles. The fourth-order valence-corrected chi connectivity index (χ4v) is 3.16. The molecule has 0 radical (unpaired) electrons. The molecule has 1 heterocycles. The standard InChI is InChI=1S/C21H21ClN2O3/c1-27-21(26)17-8-5-16(6-9-17)7-10-20(25)24-13-11-23(12-14-24)19-4-2-3-18(22)15-19/h2-10,15H,11-14H2,1H3/b10-7+. The average molecular weight is 385 g/mol. The third kappa shape index (κ3) is 4.89. The zero-order chi connectivity index (χ0) is 19.2. The maximum Gasteiger partial charge on any atom is 0.337 e. The van der Waals surface area contributed by atoms with E-state index in [1.807, 2.05) is 29.2 Å². The van der Waals surface area contributed by atoms with Crippen LogP contribution in [0.3, 0.4) is 0 Å². The minimum Gasteiger partial charge on any atom is -0.465 e. The highest BCUT2D eigenvalue weighted by Crippen LogP contribution is 2.21. The summed E-state index contributed by atoms with van der Waals surface area (Å²) in [5.74, 6) is -0.392. The average Bonchev–Trinajstić information content (AvgIpc) is 2.72. The third-order valence-electron chi connectivity index (χ3n) is 4.51. The molecule has 0 N–H and O–H groups in total. The number of nitrogens with zero attached hydrogens (tertiary/aromatic N) is 2. The van der Waals surface area contributed by atoms with E-state index in [9.17, 15) is 9.59 Å². The fraction of sp³-hybridized carbons (Fsp3) is 0.238. The Morgan fingerprint density at radius 1 is 1.04 bits per heavy atom. The Balaban J connectivity index is 1.55. The van der Waals surface area contributed by atoms with Gasteiger partial charge in [-0.3, -0.25) is 4.79 Å². The van der Waals surface area contributed by atoms with Crippen molar-refractivity contribution in [2.24, 2.45) is 0 Å². The van der Waals surface area contributed by atoms with Gasteiger partial charge in [-0.05, 0) is 42.0 Å². The van der Waals surface area contributed by atoms with E-state index in [0.29, 0.717) is 23.7 Å². The van der Waals surface area contributed by atoms with Crippen molar-refractivity contribution >= 4 is 35.2 Å². The molecule has 27 heavy (non-hydrogen) atoms. The zero-order valence-electron chi connectivity index (χ0n) is 15.1. The summed E-state index contributed by atoms with van der Waals surface area (Å²) in [6, 6.07) is 14.7. The Kier molecular flexibility index (Phi) is 6.14. The van der Waals surface area contributed by atoms with E-state index >= 15 is 0 Å². The summed E-state index contributed by atoms with van der Waals surface area (Å²) in [6.45, 7) is 2.87. The van der Waals surface area contributed by atoms with Crippen molar-refractivity contribution < 1.29 is 14.3 Å². The Labute approximate surface area is 163 Å². The summed E-state index contributed by atoms with van der Waals surface area (Å²) in [5, 5.41) is 0.715. The Morgan fingerprint density at radius 2 is 1.74 bits per heavy atom. The lowest BCUT2D eigenvalue weighted by atomic mass is 10.1. The van der Waals surface area contributed by atoms with E-state index in [4.69, 9.17) is 11.6 Å². The molecular weight excluding hydrogens is 364 g/mol. The number of esters is 1. The van der Waals surface area contributed by atoms with Gasteiger partial charge in [0.2, 0.25) is 5.91 Å². The van der Waals surface area contributed by atoms with Crippen molar-refractivity contribution in [1.29, 1.82) is 0 Å². The molecule has 0 bridgehead atoms. The summed E-state index contributed by atoms with van der Waals surface area (Å²) >= 11 is 6.05. The first-order chi connectivity index (χ1) is 13.1. The van der Waals surface area contributed by atoms with Gasteiger partial charge in [0.15, 0.2) is 0 Å². The zero-order valence-corrected chi connectivity index (χ0v) is 15.9. The van der Waals surface area contributed by atoms with Gasteiger partial charge in [-0.2, -0.15) is 0 Å². The number of benzene rings is 2. The molecule has 1 amide bonds. The van der Waals surface area contributed by atoms with Crippen LogP contribution >= 0.6 is 11.6 Å². The van der Waals surface area contributed by atoms with E-state index in [0.717, 1.165) is 24.3 Å². The first-order valence-corrected chi connectivity index (χ1v) is 9.10. The van der Waals surface area contributed by atoms with E-state index in [-0.39, 0.29) is 11.9 Å². The minimum absolute atomic E-state index is 0.0159. The highest BCUT2D eigenvalue weighted by atomic mass is 35.5. The van der Waals surface area contributed by atoms with Gasteiger partial charge in [-0.1, -0.05) is 29.8 Å². The van der Waals surface area contributed by atoms with Gasteiger partial charge in [0.05, 0.1) is 12.7 Å². The fourth-order valence-electron chi connectivity index (χ4n) is 2.98. The highest BCUT2D eigenvalue weighted by molar-refractivity contribution is 6.30. The van der Waals surface area contributed by atoms with Crippen LogP contribution in [0.1, 0.15) is 15.9 Å². The number of amides is 1.